The number of halogens is 3. The van der Waals surface area contributed by atoms with Gasteiger partial charge in [-0.3, -0.25) is 9.52 Å². The molecular weight excluding hydrogens is 359 g/mol. The van der Waals surface area contributed by atoms with E-state index in [2.05, 4.69) is 5.32 Å². The Morgan fingerprint density at radius 2 is 1.56 bits per heavy atom. The molecule has 0 heterocycles. The lowest BCUT2D eigenvalue weighted by molar-refractivity contribution is -0.137. The number of hydrogen-bond donors (Lipinski definition) is 3. The second kappa shape index (κ2) is 6.73. The van der Waals surface area contributed by atoms with Crippen LogP contribution >= 0.6 is 0 Å². The van der Waals surface area contributed by atoms with Crippen LogP contribution in [-0.4, -0.2) is 14.3 Å². The first kappa shape index (κ1) is 18.7. The van der Waals surface area contributed by atoms with Gasteiger partial charge in [-0.25, -0.2) is 5.14 Å². The summed E-state index contributed by atoms with van der Waals surface area (Å²) in [7, 11) is -4.06. The number of carbonyl (C=O) groups is 1. The molecule has 0 saturated carbocycles. The van der Waals surface area contributed by atoms with E-state index in [1.165, 1.54) is 37.3 Å². The molecule has 0 atom stereocenters. The van der Waals surface area contributed by atoms with E-state index in [1.807, 2.05) is 4.72 Å². The zero-order valence-corrected chi connectivity index (χ0v) is 13.7. The number of nitrogens with one attached hydrogen (secondary N) is 2. The van der Waals surface area contributed by atoms with E-state index in [4.69, 9.17) is 5.14 Å². The smallest absolute Gasteiger partial charge is 0.324 e. The van der Waals surface area contributed by atoms with Crippen molar-refractivity contribution < 1.29 is 26.4 Å². The molecule has 0 spiro atoms. The number of carbonyl (C=O) groups excluding carboxylic acids is 1. The third-order valence-corrected chi connectivity index (χ3v) is 3.63. The Labute approximate surface area is 142 Å². The maximum absolute atomic E-state index is 12.6. The molecule has 2 aromatic rings. The molecule has 1 amide bonds. The molecule has 0 unspecified atom stereocenters. The van der Waals surface area contributed by atoms with Crippen LogP contribution in [0.2, 0.25) is 0 Å². The summed E-state index contributed by atoms with van der Waals surface area (Å²) in [5.74, 6) is -0.456. The molecule has 2 rings (SSSR count). The number of rotatable bonds is 4. The highest BCUT2D eigenvalue weighted by molar-refractivity contribution is 7.90. The summed E-state index contributed by atoms with van der Waals surface area (Å²) in [5.41, 5.74) is 0.317. The SMILES string of the molecule is CC(=O)Nc1cc(-c2ccc(C(F)(F)F)cc2)ccc1NS(N)(=O)=O. The van der Waals surface area contributed by atoms with Gasteiger partial charge in [0.1, 0.15) is 0 Å². The van der Waals surface area contributed by atoms with Crippen molar-refractivity contribution in [2.24, 2.45) is 5.14 Å². The summed E-state index contributed by atoms with van der Waals surface area (Å²) in [6.45, 7) is 1.23. The Kier molecular flexibility index (Phi) is 5.04. The monoisotopic (exact) mass is 373 g/mol. The molecule has 134 valence electrons. The molecule has 4 N–H and O–H groups in total. The minimum Gasteiger partial charge on any atom is -0.324 e. The Bertz CT molecular complexity index is 894. The number of alkyl halides is 3. The van der Waals surface area contributed by atoms with Crippen LogP contribution in [0.25, 0.3) is 11.1 Å². The number of hydrogen-bond acceptors (Lipinski definition) is 3. The molecule has 0 aliphatic carbocycles. The summed E-state index contributed by atoms with van der Waals surface area (Å²) in [5, 5.41) is 7.36. The zero-order chi connectivity index (χ0) is 18.8. The minimum atomic E-state index is -4.44. The molecule has 0 aliphatic rings. The Balaban J connectivity index is 2.43. The average Bonchev–Trinajstić information content (AvgIpc) is 2.46. The highest BCUT2D eigenvalue weighted by atomic mass is 32.2. The summed E-state index contributed by atoms with van der Waals surface area (Å²) in [4.78, 5) is 11.3. The van der Waals surface area contributed by atoms with Crippen molar-refractivity contribution in [3.05, 3.63) is 48.0 Å². The van der Waals surface area contributed by atoms with Gasteiger partial charge in [0.15, 0.2) is 0 Å². The molecular formula is C15H14F3N3O3S. The van der Waals surface area contributed by atoms with Gasteiger partial charge >= 0.3 is 6.18 Å². The molecule has 0 radical (unpaired) electrons. The molecule has 6 nitrogen and oxygen atoms in total. The average molecular weight is 373 g/mol. The molecule has 0 aliphatic heterocycles. The van der Waals surface area contributed by atoms with Crippen LogP contribution in [0.5, 0.6) is 0 Å². The van der Waals surface area contributed by atoms with E-state index in [-0.39, 0.29) is 11.4 Å². The normalized spacial score (nSPS) is 11.9. The number of amides is 1. The van der Waals surface area contributed by atoms with Crippen LogP contribution in [0.4, 0.5) is 24.5 Å². The summed E-state index contributed by atoms with van der Waals surface area (Å²) in [6.07, 6.45) is -4.44. The van der Waals surface area contributed by atoms with Crippen molar-refractivity contribution in [2.45, 2.75) is 13.1 Å². The quantitative estimate of drug-likeness (QED) is 0.768. The predicted molar refractivity (Wildman–Crippen MR) is 87.9 cm³/mol. The fourth-order valence-electron chi connectivity index (χ4n) is 2.11. The first-order valence-electron chi connectivity index (χ1n) is 6.85. The molecule has 25 heavy (non-hydrogen) atoms. The number of anilines is 2. The standard InChI is InChI=1S/C15H14F3N3O3S/c1-9(22)20-14-8-11(4-7-13(14)21-25(19,23)24)10-2-5-12(6-3-10)15(16,17)18/h2-8,21H,1H3,(H,20,22)(H2,19,23,24). The first-order valence-corrected chi connectivity index (χ1v) is 8.40. The molecule has 2 aromatic carbocycles. The fourth-order valence-corrected chi connectivity index (χ4v) is 2.60. The van der Waals surface area contributed by atoms with Crippen LogP contribution in [0.3, 0.4) is 0 Å². The van der Waals surface area contributed by atoms with Crippen molar-refractivity contribution in [2.75, 3.05) is 10.0 Å². The van der Waals surface area contributed by atoms with Gasteiger partial charge in [-0.05, 0) is 35.4 Å². The van der Waals surface area contributed by atoms with E-state index in [0.717, 1.165) is 12.1 Å². The van der Waals surface area contributed by atoms with E-state index in [9.17, 15) is 26.4 Å². The number of benzene rings is 2. The van der Waals surface area contributed by atoms with Gasteiger partial charge in [0.2, 0.25) is 5.91 Å². The van der Waals surface area contributed by atoms with Gasteiger partial charge < -0.3 is 5.32 Å². The molecule has 0 aromatic heterocycles. The van der Waals surface area contributed by atoms with Gasteiger partial charge in [0, 0.05) is 6.92 Å². The second-order valence-corrected chi connectivity index (χ2v) is 6.46. The maximum Gasteiger partial charge on any atom is 0.416 e. The van der Waals surface area contributed by atoms with Crippen LogP contribution < -0.4 is 15.2 Å². The van der Waals surface area contributed by atoms with E-state index in [0.29, 0.717) is 11.1 Å². The molecule has 0 bridgehead atoms. The lowest BCUT2D eigenvalue weighted by Crippen LogP contribution is -2.22. The second-order valence-electron chi connectivity index (χ2n) is 5.16. The lowest BCUT2D eigenvalue weighted by Gasteiger charge is -2.13. The molecule has 0 saturated heterocycles. The topological polar surface area (TPSA) is 101 Å². The van der Waals surface area contributed by atoms with Gasteiger partial charge in [0.05, 0.1) is 16.9 Å². The summed E-state index contributed by atoms with van der Waals surface area (Å²) < 4.78 is 62.2. The molecule has 0 fully saturated rings. The third-order valence-electron chi connectivity index (χ3n) is 3.13. The van der Waals surface area contributed by atoms with Crippen molar-refractivity contribution in [3.63, 3.8) is 0 Å². The highest BCUT2D eigenvalue weighted by Crippen LogP contribution is 2.33. The van der Waals surface area contributed by atoms with E-state index in [1.54, 1.807) is 0 Å². The van der Waals surface area contributed by atoms with E-state index < -0.39 is 27.9 Å². The van der Waals surface area contributed by atoms with Crippen molar-refractivity contribution >= 4 is 27.5 Å². The number of nitrogens with two attached hydrogens (primary N) is 1. The minimum absolute atomic E-state index is 0.0355. The van der Waals surface area contributed by atoms with Crippen LogP contribution in [0, 0.1) is 0 Å². The van der Waals surface area contributed by atoms with Crippen LogP contribution in [0.15, 0.2) is 42.5 Å². The van der Waals surface area contributed by atoms with Gasteiger partial charge in [-0.15, -0.1) is 0 Å². The third kappa shape index (κ3) is 5.19. The van der Waals surface area contributed by atoms with Crippen LogP contribution in [0.1, 0.15) is 12.5 Å². The van der Waals surface area contributed by atoms with Crippen molar-refractivity contribution in [1.29, 1.82) is 0 Å². The van der Waals surface area contributed by atoms with Crippen molar-refractivity contribution in [3.8, 4) is 11.1 Å². The van der Waals surface area contributed by atoms with Gasteiger partial charge in [-0.1, -0.05) is 18.2 Å². The van der Waals surface area contributed by atoms with E-state index >= 15 is 0 Å². The largest absolute Gasteiger partial charge is 0.416 e. The predicted octanol–water partition coefficient (Wildman–Crippen LogP) is 2.95. The highest BCUT2D eigenvalue weighted by Gasteiger charge is 2.30. The first-order chi connectivity index (χ1) is 11.5. The van der Waals surface area contributed by atoms with Gasteiger partial charge in [-0.2, -0.15) is 21.6 Å². The summed E-state index contributed by atoms with van der Waals surface area (Å²) in [6, 6.07) is 8.69. The Hall–Kier alpha value is -2.59. The van der Waals surface area contributed by atoms with Crippen LogP contribution in [-0.2, 0) is 21.2 Å². The molecule has 10 heteroatoms. The Morgan fingerprint density at radius 3 is 2.04 bits per heavy atom. The zero-order valence-electron chi connectivity index (χ0n) is 12.9. The maximum atomic E-state index is 12.6. The Morgan fingerprint density at radius 1 is 1.00 bits per heavy atom. The van der Waals surface area contributed by atoms with Crippen molar-refractivity contribution in [1.82, 2.24) is 0 Å². The lowest BCUT2D eigenvalue weighted by atomic mass is 10.0. The van der Waals surface area contributed by atoms with Gasteiger partial charge in [0.25, 0.3) is 10.2 Å². The summed E-state index contributed by atoms with van der Waals surface area (Å²) >= 11 is 0. The fraction of sp³-hybridized carbons (Fsp3) is 0.133.